The Labute approximate surface area is 154 Å². The van der Waals surface area contributed by atoms with Gasteiger partial charge in [-0.3, -0.25) is 4.90 Å². The van der Waals surface area contributed by atoms with Crippen LogP contribution in [-0.4, -0.2) is 52.5 Å². The Balaban J connectivity index is 1.31. The van der Waals surface area contributed by atoms with Gasteiger partial charge in [0.25, 0.3) is 0 Å². The number of rotatable bonds is 5. The SMILES string of the molecule is Nc1nc(CN2CCN(CCc3ccccc3)CC2)nc2ccccc12. The Hall–Kier alpha value is -2.50. The molecule has 1 saturated heterocycles. The van der Waals surface area contributed by atoms with Gasteiger partial charge in [0.1, 0.15) is 11.6 Å². The minimum Gasteiger partial charge on any atom is -0.383 e. The molecule has 0 radical (unpaired) electrons. The van der Waals surface area contributed by atoms with Crippen LogP contribution in [0.2, 0.25) is 0 Å². The lowest BCUT2D eigenvalue weighted by Crippen LogP contribution is -2.46. The fourth-order valence-corrected chi connectivity index (χ4v) is 3.52. The van der Waals surface area contributed by atoms with Gasteiger partial charge in [0, 0.05) is 38.1 Å². The highest BCUT2D eigenvalue weighted by molar-refractivity contribution is 5.87. The van der Waals surface area contributed by atoms with E-state index in [2.05, 4.69) is 50.1 Å². The predicted octanol–water partition coefficient (Wildman–Crippen LogP) is 2.57. The number of aromatic nitrogens is 2. The molecule has 2 aromatic carbocycles. The molecule has 1 fully saturated rings. The molecule has 2 N–H and O–H groups in total. The largest absolute Gasteiger partial charge is 0.383 e. The molecule has 26 heavy (non-hydrogen) atoms. The molecule has 0 amide bonds. The third kappa shape index (κ3) is 4.00. The molecule has 3 aromatic rings. The lowest BCUT2D eigenvalue weighted by atomic mass is 10.1. The fraction of sp³-hybridized carbons (Fsp3) is 0.333. The quantitative estimate of drug-likeness (QED) is 0.769. The van der Waals surface area contributed by atoms with E-state index in [0.29, 0.717) is 5.82 Å². The van der Waals surface area contributed by atoms with Crippen molar-refractivity contribution in [3.05, 3.63) is 66.0 Å². The van der Waals surface area contributed by atoms with Crippen LogP contribution in [0.5, 0.6) is 0 Å². The first-order valence-electron chi connectivity index (χ1n) is 9.28. The standard InChI is InChI=1S/C21H25N5/c22-21-18-8-4-5-9-19(18)23-20(24-21)16-26-14-12-25(13-15-26)11-10-17-6-2-1-3-7-17/h1-9H,10-16H2,(H2,22,23,24). The van der Waals surface area contributed by atoms with Crippen LogP contribution in [0, 0.1) is 0 Å². The number of piperazine rings is 1. The van der Waals surface area contributed by atoms with Gasteiger partial charge in [0.05, 0.1) is 12.1 Å². The second-order valence-electron chi connectivity index (χ2n) is 6.90. The molecular weight excluding hydrogens is 322 g/mol. The average molecular weight is 347 g/mol. The maximum Gasteiger partial charge on any atom is 0.145 e. The summed E-state index contributed by atoms with van der Waals surface area (Å²) in [6.07, 6.45) is 1.12. The summed E-state index contributed by atoms with van der Waals surface area (Å²) in [6.45, 7) is 6.17. The molecule has 134 valence electrons. The van der Waals surface area contributed by atoms with Crippen LogP contribution in [-0.2, 0) is 13.0 Å². The van der Waals surface area contributed by atoms with E-state index >= 15 is 0 Å². The highest BCUT2D eigenvalue weighted by Gasteiger charge is 2.18. The number of benzene rings is 2. The zero-order chi connectivity index (χ0) is 17.8. The smallest absolute Gasteiger partial charge is 0.145 e. The van der Waals surface area contributed by atoms with Gasteiger partial charge < -0.3 is 10.6 Å². The van der Waals surface area contributed by atoms with E-state index < -0.39 is 0 Å². The first-order valence-corrected chi connectivity index (χ1v) is 9.28. The molecule has 0 atom stereocenters. The number of hydrogen-bond acceptors (Lipinski definition) is 5. The van der Waals surface area contributed by atoms with Crippen molar-refractivity contribution in [3.8, 4) is 0 Å². The van der Waals surface area contributed by atoms with Gasteiger partial charge in [-0.15, -0.1) is 0 Å². The molecule has 0 spiro atoms. The molecule has 0 unspecified atom stereocenters. The molecular formula is C21H25N5. The Bertz CT molecular complexity index is 857. The average Bonchev–Trinajstić information content (AvgIpc) is 2.68. The molecule has 5 heteroatoms. The summed E-state index contributed by atoms with van der Waals surface area (Å²) < 4.78 is 0. The van der Waals surface area contributed by atoms with Crippen LogP contribution in [0.15, 0.2) is 54.6 Å². The first kappa shape index (κ1) is 16.9. The number of fused-ring (bicyclic) bond motifs is 1. The number of hydrogen-bond donors (Lipinski definition) is 1. The predicted molar refractivity (Wildman–Crippen MR) is 106 cm³/mol. The van der Waals surface area contributed by atoms with E-state index in [1.54, 1.807) is 0 Å². The van der Waals surface area contributed by atoms with Gasteiger partial charge in [-0.05, 0) is 24.1 Å². The highest BCUT2D eigenvalue weighted by atomic mass is 15.3. The van der Waals surface area contributed by atoms with E-state index in [4.69, 9.17) is 5.73 Å². The van der Waals surface area contributed by atoms with E-state index in [1.807, 2.05) is 24.3 Å². The third-order valence-corrected chi connectivity index (χ3v) is 5.07. The normalized spacial score (nSPS) is 16.2. The molecule has 4 rings (SSSR count). The van der Waals surface area contributed by atoms with Gasteiger partial charge in [0.2, 0.25) is 0 Å². The number of nitrogens with two attached hydrogens (primary N) is 1. The van der Waals surface area contributed by atoms with Gasteiger partial charge in [-0.1, -0.05) is 42.5 Å². The van der Waals surface area contributed by atoms with Crippen LogP contribution in [0.4, 0.5) is 5.82 Å². The maximum absolute atomic E-state index is 6.10. The maximum atomic E-state index is 6.10. The van der Waals surface area contributed by atoms with Crippen LogP contribution < -0.4 is 5.73 Å². The summed E-state index contributed by atoms with van der Waals surface area (Å²) in [4.78, 5) is 14.1. The lowest BCUT2D eigenvalue weighted by molar-refractivity contribution is 0.126. The van der Waals surface area contributed by atoms with Gasteiger partial charge in [-0.25, -0.2) is 9.97 Å². The summed E-state index contributed by atoms with van der Waals surface area (Å²) >= 11 is 0. The molecule has 0 aliphatic carbocycles. The second kappa shape index (κ2) is 7.81. The van der Waals surface area contributed by atoms with Crippen molar-refractivity contribution in [2.45, 2.75) is 13.0 Å². The van der Waals surface area contributed by atoms with E-state index in [9.17, 15) is 0 Å². The van der Waals surface area contributed by atoms with E-state index in [1.165, 1.54) is 5.56 Å². The van der Waals surface area contributed by atoms with Gasteiger partial charge in [-0.2, -0.15) is 0 Å². The Morgan fingerprint density at radius 1 is 0.808 bits per heavy atom. The molecule has 1 aliphatic rings. The molecule has 0 bridgehead atoms. The minimum absolute atomic E-state index is 0.576. The summed E-state index contributed by atoms with van der Waals surface area (Å²) in [5.41, 5.74) is 8.44. The monoisotopic (exact) mass is 347 g/mol. The van der Waals surface area contributed by atoms with Crippen molar-refractivity contribution in [1.29, 1.82) is 0 Å². The van der Waals surface area contributed by atoms with E-state index in [0.717, 1.165) is 62.4 Å². The van der Waals surface area contributed by atoms with Crippen LogP contribution in [0.25, 0.3) is 10.9 Å². The number of anilines is 1. The fourth-order valence-electron chi connectivity index (χ4n) is 3.52. The van der Waals surface area contributed by atoms with Crippen molar-refractivity contribution >= 4 is 16.7 Å². The number of nitrogen functional groups attached to an aromatic ring is 1. The van der Waals surface area contributed by atoms with Crippen molar-refractivity contribution < 1.29 is 0 Å². The van der Waals surface area contributed by atoms with Crippen molar-refractivity contribution in [3.63, 3.8) is 0 Å². The molecule has 0 saturated carbocycles. The number of para-hydroxylation sites is 1. The zero-order valence-corrected chi connectivity index (χ0v) is 15.0. The van der Waals surface area contributed by atoms with Gasteiger partial charge >= 0.3 is 0 Å². The summed E-state index contributed by atoms with van der Waals surface area (Å²) in [5.74, 6) is 1.39. The molecule has 2 heterocycles. The van der Waals surface area contributed by atoms with Crippen molar-refractivity contribution in [1.82, 2.24) is 19.8 Å². The van der Waals surface area contributed by atoms with E-state index in [-0.39, 0.29) is 0 Å². The Morgan fingerprint density at radius 2 is 1.50 bits per heavy atom. The topological polar surface area (TPSA) is 58.3 Å². The Kier molecular flexibility index (Phi) is 5.09. The first-order chi connectivity index (χ1) is 12.8. The van der Waals surface area contributed by atoms with Crippen molar-refractivity contribution in [2.75, 3.05) is 38.5 Å². The molecule has 5 nitrogen and oxygen atoms in total. The van der Waals surface area contributed by atoms with Gasteiger partial charge in [0.15, 0.2) is 0 Å². The highest BCUT2D eigenvalue weighted by Crippen LogP contribution is 2.18. The number of nitrogens with zero attached hydrogens (tertiary/aromatic N) is 4. The second-order valence-corrected chi connectivity index (χ2v) is 6.90. The van der Waals surface area contributed by atoms with Crippen LogP contribution >= 0.6 is 0 Å². The van der Waals surface area contributed by atoms with Crippen LogP contribution in [0.1, 0.15) is 11.4 Å². The molecule has 1 aromatic heterocycles. The third-order valence-electron chi connectivity index (χ3n) is 5.07. The summed E-state index contributed by atoms with van der Waals surface area (Å²) in [6, 6.07) is 18.6. The Morgan fingerprint density at radius 3 is 2.31 bits per heavy atom. The van der Waals surface area contributed by atoms with Crippen molar-refractivity contribution in [2.24, 2.45) is 0 Å². The summed E-state index contributed by atoms with van der Waals surface area (Å²) in [5, 5.41) is 0.932. The minimum atomic E-state index is 0.576. The van der Waals surface area contributed by atoms with Crippen LogP contribution in [0.3, 0.4) is 0 Å². The summed E-state index contributed by atoms with van der Waals surface area (Å²) in [7, 11) is 0. The molecule has 1 aliphatic heterocycles. The lowest BCUT2D eigenvalue weighted by Gasteiger charge is -2.34. The zero-order valence-electron chi connectivity index (χ0n) is 15.0.